The molecule has 0 heterocycles. The second kappa shape index (κ2) is 4.18. The topological polar surface area (TPSA) is 35.2 Å². The lowest BCUT2D eigenvalue weighted by Crippen LogP contribution is -2.04. The highest BCUT2D eigenvalue weighted by molar-refractivity contribution is 5.30. The number of halogens is 2. The number of hydrogen-bond acceptors (Lipinski definition) is 2. The molecular weight excluding hydrogens is 176 g/mol. The number of benzene rings is 1. The summed E-state index contributed by atoms with van der Waals surface area (Å²) in [5, 5.41) is 0. The monoisotopic (exact) mass is 187 g/mol. The maximum atomic E-state index is 13.1. The van der Waals surface area contributed by atoms with Crippen LogP contribution in [-0.2, 0) is 6.54 Å². The zero-order valence-corrected chi connectivity index (χ0v) is 7.31. The molecule has 0 radical (unpaired) electrons. The van der Waals surface area contributed by atoms with E-state index in [2.05, 4.69) is 0 Å². The predicted octanol–water partition coefficient (Wildman–Crippen LogP) is 1.82. The van der Waals surface area contributed by atoms with Crippen LogP contribution in [0.3, 0.4) is 0 Å². The van der Waals surface area contributed by atoms with Gasteiger partial charge in [-0.2, -0.15) is 4.39 Å². The Morgan fingerprint density at radius 1 is 1.31 bits per heavy atom. The molecule has 2 N–H and O–H groups in total. The van der Waals surface area contributed by atoms with Gasteiger partial charge in [-0.05, 0) is 13.0 Å². The third-order valence-corrected chi connectivity index (χ3v) is 1.65. The van der Waals surface area contributed by atoms with Gasteiger partial charge in [0.25, 0.3) is 0 Å². The molecule has 2 nitrogen and oxygen atoms in total. The van der Waals surface area contributed by atoms with Crippen LogP contribution in [0.15, 0.2) is 12.1 Å². The quantitative estimate of drug-likeness (QED) is 0.783. The smallest absolute Gasteiger partial charge is 0.200 e. The molecule has 0 saturated carbocycles. The minimum Gasteiger partial charge on any atom is -0.491 e. The van der Waals surface area contributed by atoms with Gasteiger partial charge >= 0.3 is 0 Å². The van der Waals surface area contributed by atoms with E-state index in [4.69, 9.17) is 10.5 Å². The van der Waals surface area contributed by atoms with Gasteiger partial charge in [0.15, 0.2) is 11.6 Å². The molecule has 0 saturated heterocycles. The van der Waals surface area contributed by atoms with Crippen LogP contribution in [0.2, 0.25) is 0 Å². The summed E-state index contributed by atoms with van der Waals surface area (Å²) in [7, 11) is 0. The molecule has 1 rings (SSSR count). The average Bonchev–Trinajstić information content (AvgIpc) is 2.14. The lowest BCUT2D eigenvalue weighted by atomic mass is 10.2. The van der Waals surface area contributed by atoms with Crippen molar-refractivity contribution in [2.45, 2.75) is 13.5 Å². The predicted molar refractivity (Wildman–Crippen MR) is 45.4 cm³/mol. The molecule has 0 unspecified atom stereocenters. The first-order valence-corrected chi connectivity index (χ1v) is 4.00. The largest absolute Gasteiger partial charge is 0.491 e. The Morgan fingerprint density at radius 3 is 2.54 bits per heavy atom. The van der Waals surface area contributed by atoms with Gasteiger partial charge in [0.2, 0.25) is 5.82 Å². The molecule has 0 aromatic heterocycles. The summed E-state index contributed by atoms with van der Waals surface area (Å²) in [5.74, 6) is -1.96. The van der Waals surface area contributed by atoms with E-state index in [1.165, 1.54) is 12.1 Å². The van der Waals surface area contributed by atoms with Crippen molar-refractivity contribution in [1.82, 2.24) is 0 Å². The van der Waals surface area contributed by atoms with Crippen molar-refractivity contribution in [2.75, 3.05) is 6.61 Å². The third-order valence-electron chi connectivity index (χ3n) is 1.65. The van der Waals surface area contributed by atoms with Crippen LogP contribution in [0.4, 0.5) is 8.78 Å². The summed E-state index contributed by atoms with van der Waals surface area (Å²) in [6.45, 7) is 1.99. The van der Waals surface area contributed by atoms with Gasteiger partial charge in [0.05, 0.1) is 6.61 Å². The maximum absolute atomic E-state index is 13.1. The first-order chi connectivity index (χ1) is 6.20. The van der Waals surface area contributed by atoms with Crippen LogP contribution in [0, 0.1) is 11.6 Å². The summed E-state index contributed by atoms with van der Waals surface area (Å²) in [6.07, 6.45) is 0. The Kier molecular flexibility index (Phi) is 3.19. The second-order valence-corrected chi connectivity index (χ2v) is 2.49. The minimum atomic E-state index is -0.968. The minimum absolute atomic E-state index is 0.0187. The maximum Gasteiger partial charge on any atom is 0.200 e. The second-order valence-electron chi connectivity index (χ2n) is 2.49. The van der Waals surface area contributed by atoms with Crippen molar-refractivity contribution >= 4 is 0 Å². The number of ether oxygens (including phenoxy) is 1. The molecule has 0 aliphatic heterocycles. The number of nitrogens with two attached hydrogens (primary N) is 1. The molecule has 1 aromatic rings. The summed E-state index contributed by atoms with van der Waals surface area (Å²) < 4.78 is 31.0. The van der Waals surface area contributed by atoms with E-state index in [9.17, 15) is 8.78 Å². The van der Waals surface area contributed by atoms with Crippen molar-refractivity contribution in [1.29, 1.82) is 0 Å². The summed E-state index contributed by atoms with van der Waals surface area (Å²) in [4.78, 5) is 0. The van der Waals surface area contributed by atoms with Gasteiger partial charge in [0.1, 0.15) is 0 Å². The van der Waals surface area contributed by atoms with Crippen molar-refractivity contribution in [3.8, 4) is 5.75 Å². The van der Waals surface area contributed by atoms with Gasteiger partial charge < -0.3 is 10.5 Å². The molecule has 4 heteroatoms. The summed E-state index contributed by atoms with van der Waals surface area (Å²) in [6, 6.07) is 2.80. The molecule has 13 heavy (non-hydrogen) atoms. The zero-order valence-electron chi connectivity index (χ0n) is 7.31. The molecule has 0 amide bonds. The van der Waals surface area contributed by atoms with Crippen LogP contribution >= 0.6 is 0 Å². The van der Waals surface area contributed by atoms with E-state index >= 15 is 0 Å². The Morgan fingerprint density at radius 2 is 2.00 bits per heavy atom. The molecular formula is C9H11F2NO. The molecule has 72 valence electrons. The van der Waals surface area contributed by atoms with Gasteiger partial charge in [-0.25, -0.2) is 4.39 Å². The fourth-order valence-electron chi connectivity index (χ4n) is 0.996. The lowest BCUT2D eigenvalue weighted by Gasteiger charge is -2.07. The van der Waals surface area contributed by atoms with Crippen LogP contribution in [-0.4, -0.2) is 6.61 Å². The fraction of sp³-hybridized carbons (Fsp3) is 0.333. The van der Waals surface area contributed by atoms with E-state index in [1.807, 2.05) is 0 Å². The van der Waals surface area contributed by atoms with Crippen LogP contribution in [0.5, 0.6) is 5.75 Å². The third kappa shape index (κ3) is 1.95. The molecule has 0 aliphatic rings. The SMILES string of the molecule is CCOc1ccc(CN)c(F)c1F. The van der Waals surface area contributed by atoms with Gasteiger partial charge in [-0.15, -0.1) is 0 Å². The van der Waals surface area contributed by atoms with Gasteiger partial charge in [0, 0.05) is 12.1 Å². The van der Waals surface area contributed by atoms with Gasteiger partial charge in [-0.1, -0.05) is 6.07 Å². The fourth-order valence-corrected chi connectivity index (χ4v) is 0.996. The number of hydrogen-bond donors (Lipinski definition) is 1. The Balaban J connectivity index is 3.07. The Labute approximate surface area is 75.3 Å². The highest BCUT2D eigenvalue weighted by atomic mass is 19.2. The average molecular weight is 187 g/mol. The molecule has 0 fully saturated rings. The number of rotatable bonds is 3. The summed E-state index contributed by atoms with van der Waals surface area (Å²) in [5.41, 5.74) is 5.35. The van der Waals surface area contributed by atoms with Crippen LogP contribution in [0.1, 0.15) is 12.5 Å². The van der Waals surface area contributed by atoms with E-state index in [0.29, 0.717) is 6.61 Å². The molecule has 0 aliphatic carbocycles. The van der Waals surface area contributed by atoms with Crippen molar-refractivity contribution in [3.05, 3.63) is 29.3 Å². The van der Waals surface area contributed by atoms with Crippen molar-refractivity contribution in [2.24, 2.45) is 5.73 Å². The van der Waals surface area contributed by atoms with Gasteiger partial charge in [-0.3, -0.25) is 0 Å². The van der Waals surface area contributed by atoms with E-state index in [1.54, 1.807) is 6.92 Å². The van der Waals surface area contributed by atoms with Crippen molar-refractivity contribution < 1.29 is 13.5 Å². The highest BCUT2D eigenvalue weighted by Crippen LogP contribution is 2.22. The normalized spacial score (nSPS) is 10.2. The molecule has 1 aromatic carbocycles. The molecule has 0 bridgehead atoms. The highest BCUT2D eigenvalue weighted by Gasteiger charge is 2.12. The molecule has 0 spiro atoms. The van der Waals surface area contributed by atoms with Crippen molar-refractivity contribution in [3.63, 3.8) is 0 Å². The van der Waals surface area contributed by atoms with E-state index < -0.39 is 11.6 Å². The first kappa shape index (κ1) is 9.92. The lowest BCUT2D eigenvalue weighted by molar-refractivity contribution is 0.313. The Hall–Kier alpha value is -1.16. The summed E-state index contributed by atoms with van der Waals surface area (Å²) >= 11 is 0. The molecule has 0 atom stereocenters. The first-order valence-electron chi connectivity index (χ1n) is 4.00. The van der Waals surface area contributed by atoms with Crippen LogP contribution < -0.4 is 10.5 Å². The van der Waals surface area contributed by atoms with Crippen LogP contribution in [0.25, 0.3) is 0 Å². The van der Waals surface area contributed by atoms with E-state index in [-0.39, 0.29) is 17.9 Å². The zero-order chi connectivity index (χ0) is 9.84. The van der Waals surface area contributed by atoms with E-state index in [0.717, 1.165) is 0 Å². The Bertz CT molecular complexity index is 302. The standard InChI is InChI=1S/C9H11F2NO/c1-2-13-7-4-3-6(5-12)8(10)9(7)11/h3-4H,2,5,12H2,1H3.